The van der Waals surface area contributed by atoms with Crippen LogP contribution in [0.25, 0.3) is 0 Å². The van der Waals surface area contributed by atoms with Gasteiger partial charge in [0.15, 0.2) is 5.16 Å². The summed E-state index contributed by atoms with van der Waals surface area (Å²) in [5.74, 6) is 0.229. The van der Waals surface area contributed by atoms with Gasteiger partial charge in [-0.1, -0.05) is 40.8 Å². The van der Waals surface area contributed by atoms with Gasteiger partial charge in [-0.15, -0.1) is 20.4 Å². The SMILES string of the molecule is CCn1c(CC(=O)Nc2ccc(C)c(Cl)c2)nnc1SCC(=O)Nc1nncs1. The number of anilines is 2. The average molecular weight is 452 g/mol. The van der Waals surface area contributed by atoms with E-state index >= 15 is 0 Å². The number of aryl methyl sites for hydroxylation is 1. The molecule has 0 bridgehead atoms. The molecule has 0 aliphatic heterocycles. The molecule has 3 aromatic rings. The number of hydrogen-bond donors (Lipinski definition) is 2. The number of thioether (sulfide) groups is 1. The molecule has 2 N–H and O–H groups in total. The van der Waals surface area contributed by atoms with Gasteiger partial charge < -0.3 is 9.88 Å². The maximum absolute atomic E-state index is 12.4. The van der Waals surface area contributed by atoms with Crippen LogP contribution in [-0.4, -0.2) is 42.5 Å². The summed E-state index contributed by atoms with van der Waals surface area (Å²) in [7, 11) is 0. The Hall–Kier alpha value is -2.50. The minimum absolute atomic E-state index is 0.0594. The molecule has 0 saturated carbocycles. The highest BCUT2D eigenvalue weighted by Crippen LogP contribution is 2.21. The van der Waals surface area contributed by atoms with Crippen molar-refractivity contribution in [1.29, 1.82) is 0 Å². The van der Waals surface area contributed by atoms with Crippen LogP contribution in [0.3, 0.4) is 0 Å². The van der Waals surface area contributed by atoms with Crippen molar-refractivity contribution < 1.29 is 9.59 Å². The molecule has 0 aliphatic carbocycles. The van der Waals surface area contributed by atoms with Gasteiger partial charge in [0.25, 0.3) is 0 Å². The van der Waals surface area contributed by atoms with Crippen molar-refractivity contribution in [3.05, 3.63) is 40.1 Å². The molecule has 0 unspecified atom stereocenters. The molecule has 152 valence electrons. The van der Waals surface area contributed by atoms with E-state index in [2.05, 4.69) is 31.0 Å². The van der Waals surface area contributed by atoms with Crippen LogP contribution in [-0.2, 0) is 22.6 Å². The molecular formula is C17H18ClN7O2S2. The number of carbonyl (C=O) groups is 2. The second-order valence-electron chi connectivity index (χ2n) is 5.91. The number of carbonyl (C=O) groups excluding carboxylic acids is 2. The summed E-state index contributed by atoms with van der Waals surface area (Å²) < 4.78 is 1.81. The maximum Gasteiger partial charge on any atom is 0.236 e. The van der Waals surface area contributed by atoms with Crippen molar-refractivity contribution in [2.24, 2.45) is 0 Å². The fourth-order valence-electron chi connectivity index (χ4n) is 2.41. The zero-order chi connectivity index (χ0) is 20.8. The molecule has 0 aliphatic rings. The van der Waals surface area contributed by atoms with Gasteiger partial charge in [-0.2, -0.15) is 0 Å². The third-order valence-electron chi connectivity index (χ3n) is 3.82. The van der Waals surface area contributed by atoms with E-state index in [0.717, 1.165) is 5.56 Å². The van der Waals surface area contributed by atoms with Crippen LogP contribution in [0.2, 0.25) is 5.02 Å². The monoisotopic (exact) mass is 451 g/mol. The van der Waals surface area contributed by atoms with E-state index in [1.54, 1.807) is 17.6 Å². The van der Waals surface area contributed by atoms with Crippen LogP contribution >= 0.6 is 34.7 Å². The number of aromatic nitrogens is 5. The molecule has 2 heterocycles. The van der Waals surface area contributed by atoms with E-state index in [1.165, 1.54) is 23.1 Å². The Morgan fingerprint density at radius 1 is 1.21 bits per heavy atom. The van der Waals surface area contributed by atoms with Crippen LogP contribution < -0.4 is 10.6 Å². The van der Waals surface area contributed by atoms with E-state index in [1.807, 2.05) is 24.5 Å². The molecule has 12 heteroatoms. The molecule has 2 aromatic heterocycles. The first-order chi connectivity index (χ1) is 14.0. The van der Waals surface area contributed by atoms with Crippen LogP contribution in [0.15, 0.2) is 28.9 Å². The quantitative estimate of drug-likeness (QED) is 0.506. The molecule has 1 aromatic carbocycles. The standard InChI is InChI=1S/C17H18ClN7O2S2/c1-3-25-13(7-14(26)20-11-5-4-10(2)12(18)6-11)22-24-17(25)28-8-15(27)21-16-23-19-9-29-16/h4-6,9H,3,7-8H2,1-2H3,(H,20,26)(H,21,23,27). The molecule has 0 spiro atoms. The van der Waals surface area contributed by atoms with Crippen LogP contribution in [0.4, 0.5) is 10.8 Å². The first-order valence-electron chi connectivity index (χ1n) is 8.63. The number of nitrogens with one attached hydrogen (secondary N) is 2. The number of amides is 2. The number of nitrogens with zero attached hydrogens (tertiary/aromatic N) is 5. The van der Waals surface area contributed by atoms with Crippen molar-refractivity contribution in [2.75, 3.05) is 16.4 Å². The Labute approximate surface area is 180 Å². The van der Waals surface area contributed by atoms with Gasteiger partial charge in [-0.25, -0.2) is 0 Å². The Kier molecular flexibility index (Phi) is 7.18. The summed E-state index contributed by atoms with van der Waals surface area (Å²) in [6.45, 7) is 4.40. The first kappa shape index (κ1) is 21.2. The summed E-state index contributed by atoms with van der Waals surface area (Å²) in [5, 5.41) is 22.7. The van der Waals surface area contributed by atoms with Gasteiger partial charge in [-0.3, -0.25) is 14.9 Å². The number of hydrogen-bond acceptors (Lipinski definition) is 8. The fraction of sp³-hybridized carbons (Fsp3) is 0.294. The van der Waals surface area contributed by atoms with E-state index in [-0.39, 0.29) is 24.0 Å². The zero-order valence-electron chi connectivity index (χ0n) is 15.7. The van der Waals surface area contributed by atoms with Crippen molar-refractivity contribution in [1.82, 2.24) is 25.0 Å². The van der Waals surface area contributed by atoms with Crippen molar-refractivity contribution in [3.8, 4) is 0 Å². The van der Waals surface area contributed by atoms with Crippen LogP contribution in [0.5, 0.6) is 0 Å². The Morgan fingerprint density at radius 2 is 2.03 bits per heavy atom. The molecule has 3 rings (SSSR count). The number of benzene rings is 1. The molecular weight excluding hydrogens is 434 g/mol. The van der Waals surface area contributed by atoms with Gasteiger partial charge in [0.05, 0.1) is 12.2 Å². The molecule has 0 fully saturated rings. The lowest BCUT2D eigenvalue weighted by atomic mass is 10.2. The largest absolute Gasteiger partial charge is 0.326 e. The topological polar surface area (TPSA) is 115 Å². The number of rotatable bonds is 8. The van der Waals surface area contributed by atoms with Crippen LogP contribution in [0, 0.1) is 6.92 Å². The molecule has 0 atom stereocenters. The Balaban J connectivity index is 1.58. The highest BCUT2D eigenvalue weighted by Gasteiger charge is 2.16. The highest BCUT2D eigenvalue weighted by atomic mass is 35.5. The second-order valence-corrected chi connectivity index (χ2v) is 8.10. The average Bonchev–Trinajstić information content (AvgIpc) is 3.32. The van der Waals surface area contributed by atoms with Gasteiger partial charge in [0.1, 0.15) is 11.3 Å². The first-order valence-corrected chi connectivity index (χ1v) is 10.9. The smallest absolute Gasteiger partial charge is 0.236 e. The van der Waals surface area contributed by atoms with Crippen molar-refractivity contribution in [2.45, 2.75) is 32.0 Å². The second kappa shape index (κ2) is 9.81. The summed E-state index contributed by atoms with van der Waals surface area (Å²) in [6, 6.07) is 5.34. The fourth-order valence-corrected chi connectivity index (χ4v) is 3.87. The van der Waals surface area contributed by atoms with Gasteiger partial charge in [-0.05, 0) is 31.5 Å². The highest BCUT2D eigenvalue weighted by molar-refractivity contribution is 7.99. The minimum Gasteiger partial charge on any atom is -0.326 e. The summed E-state index contributed by atoms with van der Waals surface area (Å²) in [5.41, 5.74) is 3.10. The van der Waals surface area contributed by atoms with E-state index in [4.69, 9.17) is 11.6 Å². The lowest BCUT2D eigenvalue weighted by molar-refractivity contribution is -0.116. The summed E-state index contributed by atoms with van der Waals surface area (Å²) >= 11 is 8.58. The molecule has 0 radical (unpaired) electrons. The van der Waals surface area contributed by atoms with Gasteiger partial charge in [0.2, 0.25) is 16.9 Å². The van der Waals surface area contributed by atoms with E-state index < -0.39 is 0 Å². The molecule has 9 nitrogen and oxygen atoms in total. The van der Waals surface area contributed by atoms with Crippen molar-refractivity contribution >= 4 is 57.3 Å². The maximum atomic E-state index is 12.4. The van der Waals surface area contributed by atoms with Gasteiger partial charge in [0, 0.05) is 17.3 Å². The van der Waals surface area contributed by atoms with Gasteiger partial charge >= 0.3 is 0 Å². The summed E-state index contributed by atoms with van der Waals surface area (Å²) in [4.78, 5) is 24.4. The lowest BCUT2D eigenvalue weighted by Gasteiger charge is -2.09. The lowest BCUT2D eigenvalue weighted by Crippen LogP contribution is -2.18. The van der Waals surface area contributed by atoms with E-state index in [9.17, 15) is 9.59 Å². The van der Waals surface area contributed by atoms with E-state index in [0.29, 0.717) is 33.4 Å². The predicted octanol–water partition coefficient (Wildman–Crippen LogP) is 3.02. The summed E-state index contributed by atoms with van der Waals surface area (Å²) in [6.07, 6.45) is 0.0594. The molecule has 2 amide bonds. The Morgan fingerprint density at radius 3 is 2.72 bits per heavy atom. The third-order valence-corrected chi connectivity index (χ3v) is 5.80. The third kappa shape index (κ3) is 5.75. The zero-order valence-corrected chi connectivity index (χ0v) is 18.1. The van der Waals surface area contributed by atoms with Crippen molar-refractivity contribution in [3.63, 3.8) is 0 Å². The number of halogens is 1. The minimum atomic E-state index is -0.224. The predicted molar refractivity (Wildman–Crippen MR) is 113 cm³/mol. The molecule has 0 saturated heterocycles. The normalized spacial score (nSPS) is 10.7. The molecule has 29 heavy (non-hydrogen) atoms. The Bertz CT molecular complexity index is 1010. The van der Waals surface area contributed by atoms with Crippen LogP contribution in [0.1, 0.15) is 18.3 Å².